The molecule has 0 aliphatic carbocycles. The van der Waals surface area contributed by atoms with Crippen LogP contribution in [0, 0.1) is 12.7 Å². The fourth-order valence-electron chi connectivity index (χ4n) is 3.74. The molecule has 2 aromatic carbocycles. The minimum atomic E-state index is -4.54. The van der Waals surface area contributed by atoms with E-state index in [2.05, 4.69) is 30.0 Å². The summed E-state index contributed by atoms with van der Waals surface area (Å²) in [5.74, 6) is 3.90. The lowest BCUT2D eigenvalue weighted by Gasteiger charge is -2.37. The summed E-state index contributed by atoms with van der Waals surface area (Å²) in [4.78, 5) is 0. The van der Waals surface area contributed by atoms with Crippen LogP contribution < -0.4 is 9.62 Å². The number of nitrogens with one attached hydrogen (secondary N) is 1. The summed E-state index contributed by atoms with van der Waals surface area (Å²) in [5, 5.41) is 10.2. The van der Waals surface area contributed by atoms with E-state index in [0.29, 0.717) is 11.1 Å². The first-order chi connectivity index (χ1) is 15.7. The second-order valence-electron chi connectivity index (χ2n) is 7.97. The number of aryl methyl sites for hydroxylation is 1. The Hall–Kier alpha value is -2.56. The van der Waals surface area contributed by atoms with Gasteiger partial charge in [-0.25, -0.2) is 8.70 Å². The van der Waals surface area contributed by atoms with Crippen LogP contribution in [0.25, 0.3) is 0 Å². The molecule has 2 heterocycles. The molecule has 0 saturated carbocycles. The number of anilines is 1. The van der Waals surface area contributed by atoms with Crippen LogP contribution in [0.3, 0.4) is 0 Å². The first kappa shape index (κ1) is 23.6. The maximum atomic E-state index is 15.1. The second kappa shape index (κ2) is 9.74. The van der Waals surface area contributed by atoms with Crippen molar-refractivity contribution in [2.45, 2.75) is 26.1 Å². The number of hydrogen-bond acceptors (Lipinski definition) is 5. The van der Waals surface area contributed by atoms with Gasteiger partial charge >= 0.3 is 6.18 Å². The lowest BCUT2D eigenvalue weighted by molar-refractivity contribution is -0.0596. The predicted octanol–water partition coefficient (Wildman–Crippen LogP) is 4.69. The van der Waals surface area contributed by atoms with E-state index in [1.807, 2.05) is 31.2 Å². The number of rotatable bonds is 6. The Labute approximate surface area is 193 Å². The van der Waals surface area contributed by atoms with Crippen molar-refractivity contribution in [1.29, 1.82) is 0 Å². The Bertz CT molecular complexity index is 1110. The van der Waals surface area contributed by atoms with E-state index in [1.165, 1.54) is 6.07 Å². The molecule has 0 spiro atoms. The summed E-state index contributed by atoms with van der Waals surface area (Å²) in [6.07, 6.45) is -4.99. The van der Waals surface area contributed by atoms with Gasteiger partial charge < -0.3 is 9.62 Å². The molecule has 0 radical (unpaired) electrons. The first-order valence-electron chi connectivity index (χ1n) is 10.6. The maximum absolute atomic E-state index is 15.1. The quantitative estimate of drug-likeness (QED) is 0.483. The zero-order valence-electron chi connectivity index (χ0n) is 18.2. The lowest BCUT2D eigenvalue weighted by Crippen LogP contribution is -2.43. The highest BCUT2D eigenvalue weighted by Gasteiger charge is 2.38. The molecule has 176 valence electrons. The highest BCUT2D eigenvalue weighted by molar-refractivity contribution is 8.13. The Morgan fingerprint density at radius 2 is 1.88 bits per heavy atom. The zero-order chi connectivity index (χ0) is 23.6. The van der Waals surface area contributed by atoms with Gasteiger partial charge in [0.2, 0.25) is 0 Å². The van der Waals surface area contributed by atoms with Crippen molar-refractivity contribution in [3.8, 4) is 0 Å². The summed E-state index contributed by atoms with van der Waals surface area (Å²) in [6.45, 7) is 5.71. The molecular weight excluding hydrogens is 454 g/mol. The molecule has 1 N–H and O–H groups in total. The number of halogens is 4. The molecule has 1 unspecified atom stereocenters. The lowest BCUT2D eigenvalue weighted by atomic mass is 10.0. The van der Waals surface area contributed by atoms with E-state index in [4.69, 9.17) is 0 Å². The van der Waals surface area contributed by atoms with Crippen molar-refractivity contribution < 1.29 is 17.6 Å². The zero-order valence-corrected chi connectivity index (χ0v) is 19.0. The molecule has 0 amide bonds. The van der Waals surface area contributed by atoms with Gasteiger partial charge in [-0.15, -0.1) is 5.10 Å². The third-order valence-electron chi connectivity index (χ3n) is 5.57. The fraction of sp³-hybridized carbons (Fsp3) is 0.348. The molecule has 0 bridgehead atoms. The van der Waals surface area contributed by atoms with Crippen molar-refractivity contribution in [2.75, 3.05) is 30.5 Å². The number of benzene rings is 2. The van der Waals surface area contributed by atoms with E-state index < -0.39 is 35.0 Å². The number of nitrogens with zero attached hydrogens (tertiary/aromatic N) is 4. The van der Waals surface area contributed by atoms with Crippen molar-refractivity contribution >= 4 is 33.8 Å². The normalized spacial score (nSPS) is 18.1. The molecule has 2 aromatic rings. The van der Waals surface area contributed by atoms with Crippen LogP contribution in [0.1, 0.15) is 23.1 Å². The van der Waals surface area contributed by atoms with Crippen LogP contribution in [0.4, 0.5) is 23.2 Å². The number of hydrogen-bond donors (Lipinski definition) is 1. The van der Waals surface area contributed by atoms with Gasteiger partial charge in [0.15, 0.2) is 0 Å². The van der Waals surface area contributed by atoms with Gasteiger partial charge in [0.05, 0.1) is 12.3 Å². The molecule has 5 nitrogen and oxygen atoms in total. The third kappa shape index (κ3) is 5.51. The summed E-state index contributed by atoms with van der Waals surface area (Å²) in [5.41, 5.74) is 1.92. The standard InChI is InChI=1S/C23H25F4N5S/c1-16-4-3-5-19(12-16)32(33(2)31-10-8-28-9-11-31)15-18-7-6-17(13-20(18)24)21-14-22(30-29-21)23(25,26)27/h3-7,12-13,28H,2,8-11,14-15H2,1H3. The third-order valence-corrected chi connectivity index (χ3v) is 7.38. The van der Waals surface area contributed by atoms with Crippen LogP contribution in [0.2, 0.25) is 0 Å². The molecule has 2 aliphatic heterocycles. The average molecular weight is 480 g/mol. The van der Waals surface area contributed by atoms with Gasteiger partial charge in [0, 0.05) is 49.4 Å². The predicted molar refractivity (Wildman–Crippen MR) is 128 cm³/mol. The Balaban J connectivity index is 1.57. The van der Waals surface area contributed by atoms with Crippen molar-refractivity contribution in [1.82, 2.24) is 9.62 Å². The molecule has 1 fully saturated rings. The number of alkyl halides is 3. The van der Waals surface area contributed by atoms with Crippen molar-refractivity contribution in [3.63, 3.8) is 0 Å². The van der Waals surface area contributed by atoms with Crippen LogP contribution in [-0.4, -0.2) is 54.0 Å². The highest BCUT2D eigenvalue weighted by atomic mass is 32.2. The van der Waals surface area contributed by atoms with Crippen LogP contribution in [0.15, 0.2) is 52.7 Å². The largest absolute Gasteiger partial charge is 0.431 e. The maximum Gasteiger partial charge on any atom is 0.431 e. The van der Waals surface area contributed by atoms with E-state index >= 15 is 4.39 Å². The van der Waals surface area contributed by atoms with Gasteiger partial charge in [-0.05, 0) is 47.4 Å². The topological polar surface area (TPSA) is 43.2 Å². The van der Waals surface area contributed by atoms with Gasteiger partial charge in [-0.2, -0.15) is 18.3 Å². The average Bonchev–Trinajstić information content (AvgIpc) is 3.29. The number of piperazine rings is 1. The first-order valence-corrected chi connectivity index (χ1v) is 11.9. The fourth-order valence-corrected chi connectivity index (χ4v) is 5.27. The minimum absolute atomic E-state index is 0.112. The molecule has 10 heteroatoms. The highest BCUT2D eigenvalue weighted by Crippen LogP contribution is 2.33. The molecule has 1 saturated heterocycles. The van der Waals surface area contributed by atoms with Crippen LogP contribution >= 0.6 is 10.9 Å². The molecular formula is C23H25F4N5S. The molecule has 2 aliphatic rings. The van der Waals surface area contributed by atoms with E-state index in [0.717, 1.165) is 37.4 Å². The van der Waals surface area contributed by atoms with Crippen molar-refractivity contribution in [2.24, 2.45) is 10.2 Å². The van der Waals surface area contributed by atoms with Crippen LogP contribution in [-0.2, 0) is 6.54 Å². The van der Waals surface area contributed by atoms with Gasteiger partial charge in [-0.1, -0.05) is 24.3 Å². The molecule has 4 rings (SSSR count). The van der Waals surface area contributed by atoms with Crippen LogP contribution in [0.5, 0.6) is 0 Å². The van der Waals surface area contributed by atoms with Crippen molar-refractivity contribution in [3.05, 3.63) is 65.0 Å². The molecule has 0 aromatic heterocycles. The molecule has 33 heavy (non-hydrogen) atoms. The van der Waals surface area contributed by atoms with Gasteiger partial charge in [0.1, 0.15) is 11.5 Å². The monoisotopic (exact) mass is 479 g/mol. The van der Waals surface area contributed by atoms with E-state index in [1.54, 1.807) is 12.1 Å². The summed E-state index contributed by atoms with van der Waals surface area (Å²) < 4.78 is 58.0. The van der Waals surface area contributed by atoms with Gasteiger partial charge in [-0.3, -0.25) is 0 Å². The molecule has 1 atom stereocenters. The summed E-state index contributed by atoms with van der Waals surface area (Å²) in [7, 11) is -0.541. The Morgan fingerprint density at radius 3 is 2.52 bits per heavy atom. The summed E-state index contributed by atoms with van der Waals surface area (Å²) >= 11 is 0. The van der Waals surface area contributed by atoms with E-state index in [9.17, 15) is 13.2 Å². The minimum Gasteiger partial charge on any atom is -0.314 e. The Kier molecular flexibility index (Phi) is 6.96. The second-order valence-corrected chi connectivity index (χ2v) is 9.61. The SMILES string of the molecule is C=S(N1CCNCC1)N(Cc1ccc(C2=NN=C(C(F)(F)F)C2)cc1F)c1cccc(C)c1. The summed E-state index contributed by atoms with van der Waals surface area (Å²) in [6, 6.07) is 12.4. The smallest absolute Gasteiger partial charge is 0.314 e. The Morgan fingerprint density at radius 1 is 1.12 bits per heavy atom. The van der Waals surface area contributed by atoms with E-state index in [-0.39, 0.29) is 12.3 Å². The van der Waals surface area contributed by atoms with Gasteiger partial charge in [0.25, 0.3) is 0 Å².